The van der Waals surface area contributed by atoms with Gasteiger partial charge in [0, 0.05) is 6.42 Å². The van der Waals surface area contributed by atoms with Crippen molar-refractivity contribution in [1.82, 2.24) is 0 Å². The average molecular weight is 423 g/mol. The zero-order chi connectivity index (χ0) is 21.6. The minimum atomic E-state index is -4.22. The average Bonchev–Trinajstić information content (AvgIpc) is 2.72. The van der Waals surface area contributed by atoms with Crippen molar-refractivity contribution < 1.29 is 22.3 Å². The van der Waals surface area contributed by atoms with Crippen molar-refractivity contribution in [3.05, 3.63) is 53.8 Å². The zero-order valence-corrected chi connectivity index (χ0v) is 17.5. The van der Waals surface area contributed by atoms with E-state index in [4.69, 9.17) is 4.74 Å². The molecular formula is C25H30F4O. The van der Waals surface area contributed by atoms with Crippen LogP contribution in [0.3, 0.4) is 0 Å². The zero-order valence-electron chi connectivity index (χ0n) is 17.5. The Bertz CT molecular complexity index is 790. The normalized spacial score (nSPS) is 19.6. The molecular weight excluding hydrogens is 392 g/mol. The van der Waals surface area contributed by atoms with Gasteiger partial charge in [-0.25, -0.2) is 4.39 Å². The molecule has 0 atom stereocenters. The maximum absolute atomic E-state index is 14.3. The summed E-state index contributed by atoms with van der Waals surface area (Å²) in [5, 5.41) is 0. The van der Waals surface area contributed by atoms with Gasteiger partial charge in [0.05, 0.1) is 6.61 Å². The Kier molecular flexibility index (Phi) is 7.79. The molecule has 0 heterocycles. The van der Waals surface area contributed by atoms with E-state index in [0.717, 1.165) is 17.0 Å². The van der Waals surface area contributed by atoms with Crippen LogP contribution >= 0.6 is 0 Å². The van der Waals surface area contributed by atoms with Gasteiger partial charge in [-0.3, -0.25) is 0 Å². The second kappa shape index (κ2) is 10.3. The van der Waals surface area contributed by atoms with E-state index in [0.29, 0.717) is 5.92 Å². The molecule has 0 N–H and O–H groups in total. The Hall–Kier alpha value is -2.04. The third-order valence-corrected chi connectivity index (χ3v) is 6.05. The molecule has 1 aliphatic carbocycles. The molecule has 2 aromatic carbocycles. The van der Waals surface area contributed by atoms with Gasteiger partial charge >= 0.3 is 6.18 Å². The van der Waals surface area contributed by atoms with Gasteiger partial charge in [0.25, 0.3) is 0 Å². The van der Waals surface area contributed by atoms with Crippen molar-refractivity contribution >= 4 is 0 Å². The standard InChI is InChI=1S/C25H30F4O/c1-2-4-18-5-7-19(8-6-18)20-9-11-21(12-10-20)22-13-14-24(23(26)17-22)30-16-3-15-25(27,28)29/h9-14,17-19H,2-8,15-16H2,1H3. The Labute approximate surface area is 176 Å². The summed E-state index contributed by atoms with van der Waals surface area (Å²) in [6, 6.07) is 12.9. The Morgan fingerprint density at radius 1 is 0.933 bits per heavy atom. The Morgan fingerprint density at radius 2 is 1.60 bits per heavy atom. The molecule has 0 bridgehead atoms. The van der Waals surface area contributed by atoms with Crippen molar-refractivity contribution in [2.45, 2.75) is 70.4 Å². The predicted molar refractivity (Wildman–Crippen MR) is 112 cm³/mol. The topological polar surface area (TPSA) is 9.23 Å². The van der Waals surface area contributed by atoms with E-state index in [9.17, 15) is 17.6 Å². The van der Waals surface area contributed by atoms with Crippen LogP contribution in [0, 0.1) is 11.7 Å². The van der Waals surface area contributed by atoms with Crippen molar-refractivity contribution in [3.8, 4) is 16.9 Å². The van der Waals surface area contributed by atoms with E-state index in [2.05, 4.69) is 19.1 Å². The minimum Gasteiger partial charge on any atom is -0.491 e. The monoisotopic (exact) mass is 422 g/mol. The minimum absolute atomic E-state index is 0.0126. The Morgan fingerprint density at radius 3 is 2.20 bits per heavy atom. The fourth-order valence-corrected chi connectivity index (χ4v) is 4.39. The summed E-state index contributed by atoms with van der Waals surface area (Å²) < 4.78 is 56.0. The number of hydrogen-bond donors (Lipinski definition) is 0. The van der Waals surface area contributed by atoms with Gasteiger partial charge in [0.1, 0.15) is 0 Å². The molecule has 0 saturated heterocycles. The summed E-state index contributed by atoms with van der Waals surface area (Å²) in [6.07, 6.45) is 2.33. The first-order valence-corrected chi connectivity index (χ1v) is 10.9. The van der Waals surface area contributed by atoms with E-state index in [1.165, 1.54) is 56.2 Å². The summed E-state index contributed by atoms with van der Waals surface area (Å²) in [4.78, 5) is 0. The predicted octanol–water partition coefficient (Wildman–Crippen LogP) is 8.29. The van der Waals surface area contributed by atoms with E-state index < -0.39 is 18.4 Å². The second-order valence-corrected chi connectivity index (χ2v) is 8.34. The summed E-state index contributed by atoms with van der Waals surface area (Å²) in [6.45, 7) is 2.09. The molecule has 0 spiro atoms. The van der Waals surface area contributed by atoms with E-state index in [1.807, 2.05) is 12.1 Å². The highest BCUT2D eigenvalue weighted by atomic mass is 19.4. The highest BCUT2D eigenvalue weighted by Gasteiger charge is 2.26. The first-order chi connectivity index (χ1) is 14.4. The van der Waals surface area contributed by atoms with Crippen LogP contribution in [-0.2, 0) is 0 Å². The van der Waals surface area contributed by atoms with Crippen LogP contribution in [0.2, 0.25) is 0 Å². The maximum Gasteiger partial charge on any atom is 0.389 e. The van der Waals surface area contributed by atoms with Gasteiger partial charge in [-0.1, -0.05) is 50.1 Å². The lowest BCUT2D eigenvalue weighted by Gasteiger charge is -2.28. The molecule has 3 rings (SSSR count). The lowest BCUT2D eigenvalue weighted by Crippen LogP contribution is -2.13. The molecule has 1 fully saturated rings. The lowest BCUT2D eigenvalue weighted by molar-refractivity contribution is -0.136. The van der Waals surface area contributed by atoms with Gasteiger partial charge in [0.15, 0.2) is 11.6 Å². The molecule has 1 saturated carbocycles. The third-order valence-electron chi connectivity index (χ3n) is 6.05. The number of halogens is 4. The van der Waals surface area contributed by atoms with Gasteiger partial charge in [0.2, 0.25) is 0 Å². The Balaban J connectivity index is 1.56. The molecule has 164 valence electrons. The van der Waals surface area contributed by atoms with Gasteiger partial charge in [-0.05, 0) is 72.8 Å². The summed E-state index contributed by atoms with van der Waals surface area (Å²) in [5.41, 5.74) is 2.99. The van der Waals surface area contributed by atoms with E-state index >= 15 is 0 Å². The van der Waals surface area contributed by atoms with Crippen LogP contribution in [0.5, 0.6) is 5.75 Å². The van der Waals surface area contributed by atoms with E-state index in [-0.39, 0.29) is 18.8 Å². The molecule has 0 aliphatic heterocycles. The van der Waals surface area contributed by atoms with E-state index in [1.54, 1.807) is 6.07 Å². The number of rotatable bonds is 8. The van der Waals surface area contributed by atoms with Crippen molar-refractivity contribution in [2.75, 3.05) is 6.61 Å². The lowest BCUT2D eigenvalue weighted by atomic mass is 9.77. The van der Waals surface area contributed by atoms with Gasteiger partial charge in [-0.15, -0.1) is 0 Å². The summed E-state index contributed by atoms with van der Waals surface area (Å²) in [5.74, 6) is 0.915. The highest BCUT2D eigenvalue weighted by molar-refractivity contribution is 5.64. The quantitative estimate of drug-likeness (QED) is 0.307. The molecule has 0 amide bonds. The van der Waals surface area contributed by atoms with Gasteiger partial charge in [-0.2, -0.15) is 13.2 Å². The first-order valence-electron chi connectivity index (χ1n) is 10.9. The molecule has 30 heavy (non-hydrogen) atoms. The second-order valence-electron chi connectivity index (χ2n) is 8.34. The fourth-order valence-electron chi connectivity index (χ4n) is 4.39. The SMILES string of the molecule is CCCC1CCC(c2ccc(-c3ccc(OCCCC(F)(F)F)c(F)c3)cc2)CC1. The molecule has 0 aromatic heterocycles. The van der Waals surface area contributed by atoms with Crippen LogP contribution in [0.1, 0.15) is 69.8 Å². The molecule has 1 aliphatic rings. The molecule has 1 nitrogen and oxygen atoms in total. The van der Waals surface area contributed by atoms with Crippen molar-refractivity contribution in [1.29, 1.82) is 0 Å². The van der Waals surface area contributed by atoms with Crippen LogP contribution in [-0.4, -0.2) is 12.8 Å². The van der Waals surface area contributed by atoms with Crippen LogP contribution < -0.4 is 4.74 Å². The number of ether oxygens (including phenoxy) is 1. The van der Waals surface area contributed by atoms with Crippen molar-refractivity contribution in [3.63, 3.8) is 0 Å². The maximum atomic E-state index is 14.3. The summed E-state index contributed by atoms with van der Waals surface area (Å²) >= 11 is 0. The largest absolute Gasteiger partial charge is 0.491 e. The molecule has 5 heteroatoms. The number of hydrogen-bond acceptors (Lipinski definition) is 1. The first kappa shape index (κ1) is 22.6. The van der Waals surface area contributed by atoms with Crippen LogP contribution in [0.4, 0.5) is 17.6 Å². The fraction of sp³-hybridized carbons (Fsp3) is 0.520. The molecule has 0 radical (unpaired) electrons. The number of benzene rings is 2. The van der Waals surface area contributed by atoms with Crippen LogP contribution in [0.15, 0.2) is 42.5 Å². The highest BCUT2D eigenvalue weighted by Crippen LogP contribution is 2.38. The number of alkyl halides is 3. The third kappa shape index (κ3) is 6.48. The van der Waals surface area contributed by atoms with Gasteiger partial charge < -0.3 is 4.74 Å². The van der Waals surface area contributed by atoms with Crippen molar-refractivity contribution in [2.24, 2.45) is 5.92 Å². The smallest absolute Gasteiger partial charge is 0.389 e. The summed E-state index contributed by atoms with van der Waals surface area (Å²) in [7, 11) is 0. The molecule has 0 unspecified atom stereocenters. The van der Waals surface area contributed by atoms with Crippen LogP contribution in [0.25, 0.3) is 11.1 Å². The molecule has 2 aromatic rings.